The number of Topliss-reactive ketones (excluding diaryl/α,β-unsaturated/α-hetero) is 2. The average molecular weight is 517 g/mol. The number of hydrogen-bond donors (Lipinski definition) is 4. The fourth-order valence-electron chi connectivity index (χ4n) is 5.87. The second-order valence-electron chi connectivity index (χ2n) is 10.7. The van der Waals surface area contributed by atoms with Crippen LogP contribution in [0.4, 0.5) is 0 Å². The number of carbonyl (C=O) groups is 2. The van der Waals surface area contributed by atoms with Gasteiger partial charge in [0.15, 0.2) is 17.1 Å². The Morgan fingerprint density at radius 1 is 0.789 bits per heavy atom. The standard InChI is InChI=1S/C32H40N2O4/c1-5-7-15-25-27(33-19-23-13-9-11-21(3)17-23)32(38,29(25)36)31(16-8-6-2)28(26(35)30(31)37)34-20-24-14-10-12-22(4)18-24/h9-14,17-18,33-35,38H,5-8,15-16,19-20H2,1-4H3. The van der Waals surface area contributed by atoms with E-state index < -0.39 is 28.3 Å². The third kappa shape index (κ3) is 4.55. The van der Waals surface area contributed by atoms with Gasteiger partial charge in [-0.15, -0.1) is 0 Å². The molecule has 2 atom stereocenters. The predicted octanol–water partition coefficient (Wildman–Crippen LogP) is 5.47. The molecule has 2 aromatic rings. The van der Waals surface area contributed by atoms with Crippen LogP contribution in [0.25, 0.3) is 0 Å². The molecule has 0 amide bonds. The van der Waals surface area contributed by atoms with Crippen LogP contribution in [-0.2, 0) is 22.7 Å². The van der Waals surface area contributed by atoms with Gasteiger partial charge in [0.25, 0.3) is 0 Å². The number of unbranched alkanes of at least 4 members (excludes halogenated alkanes) is 2. The summed E-state index contributed by atoms with van der Waals surface area (Å²) in [5.74, 6) is -1.38. The van der Waals surface area contributed by atoms with Crippen LogP contribution in [0.5, 0.6) is 0 Å². The van der Waals surface area contributed by atoms with Gasteiger partial charge in [-0.05, 0) is 44.2 Å². The third-order valence-corrected chi connectivity index (χ3v) is 7.94. The maximum absolute atomic E-state index is 13.8. The van der Waals surface area contributed by atoms with Crippen molar-refractivity contribution in [2.45, 2.75) is 84.9 Å². The summed E-state index contributed by atoms with van der Waals surface area (Å²) < 4.78 is 0. The Morgan fingerprint density at radius 3 is 1.87 bits per heavy atom. The molecule has 0 aliphatic heterocycles. The molecule has 0 heterocycles. The fraction of sp³-hybridized carbons (Fsp3) is 0.438. The zero-order valence-corrected chi connectivity index (χ0v) is 23.0. The third-order valence-electron chi connectivity index (χ3n) is 7.94. The smallest absolute Gasteiger partial charge is 0.214 e. The summed E-state index contributed by atoms with van der Waals surface area (Å²) in [5, 5.41) is 29.6. The van der Waals surface area contributed by atoms with Gasteiger partial charge in [0, 0.05) is 18.7 Å². The van der Waals surface area contributed by atoms with E-state index in [9.17, 15) is 19.8 Å². The van der Waals surface area contributed by atoms with Gasteiger partial charge in [-0.25, -0.2) is 0 Å². The van der Waals surface area contributed by atoms with E-state index in [0.717, 1.165) is 41.5 Å². The van der Waals surface area contributed by atoms with Gasteiger partial charge >= 0.3 is 0 Å². The Kier molecular flexibility index (Phi) is 8.12. The monoisotopic (exact) mass is 516 g/mol. The number of aliphatic hydroxyl groups excluding tert-OH is 1. The lowest BCUT2D eigenvalue weighted by molar-refractivity contribution is -0.163. The fourth-order valence-corrected chi connectivity index (χ4v) is 5.87. The molecule has 0 spiro atoms. The summed E-state index contributed by atoms with van der Waals surface area (Å²) in [4.78, 5) is 27.3. The molecule has 0 fully saturated rings. The Balaban J connectivity index is 1.72. The Hall–Kier alpha value is -3.38. The summed E-state index contributed by atoms with van der Waals surface area (Å²) in [5.41, 5.74) is 1.87. The first-order chi connectivity index (χ1) is 18.2. The van der Waals surface area contributed by atoms with Gasteiger partial charge in [-0.2, -0.15) is 0 Å². The first-order valence-corrected chi connectivity index (χ1v) is 13.8. The number of nitrogens with one attached hydrogen (secondary N) is 2. The number of carbonyl (C=O) groups excluding carboxylic acids is 2. The number of benzene rings is 2. The van der Waals surface area contributed by atoms with E-state index in [1.807, 2.05) is 63.2 Å². The van der Waals surface area contributed by atoms with Gasteiger partial charge in [0.1, 0.15) is 5.41 Å². The Labute approximate surface area is 225 Å². The summed E-state index contributed by atoms with van der Waals surface area (Å²) in [7, 11) is 0. The number of hydrogen-bond acceptors (Lipinski definition) is 6. The van der Waals surface area contributed by atoms with Crippen LogP contribution in [0.3, 0.4) is 0 Å². The highest BCUT2D eigenvalue weighted by molar-refractivity contribution is 6.21. The zero-order valence-electron chi connectivity index (χ0n) is 23.0. The van der Waals surface area contributed by atoms with Crippen LogP contribution in [0.2, 0.25) is 0 Å². The molecule has 0 radical (unpaired) electrons. The highest BCUT2D eigenvalue weighted by Gasteiger charge is 2.74. The predicted molar refractivity (Wildman–Crippen MR) is 149 cm³/mol. The second-order valence-corrected chi connectivity index (χ2v) is 10.7. The summed E-state index contributed by atoms with van der Waals surface area (Å²) in [6, 6.07) is 16.0. The summed E-state index contributed by atoms with van der Waals surface area (Å²) in [6.07, 6.45) is 3.92. The van der Waals surface area contributed by atoms with E-state index in [-0.39, 0.29) is 12.1 Å². The van der Waals surface area contributed by atoms with E-state index >= 15 is 0 Å². The number of aryl methyl sites for hydroxylation is 2. The molecule has 6 nitrogen and oxygen atoms in total. The minimum atomic E-state index is -2.05. The molecule has 0 saturated heterocycles. The molecule has 6 heteroatoms. The minimum Gasteiger partial charge on any atom is -0.503 e. The van der Waals surface area contributed by atoms with Crippen LogP contribution in [0.15, 0.2) is 71.3 Å². The lowest BCUT2D eigenvalue weighted by atomic mass is 9.49. The maximum atomic E-state index is 13.8. The lowest BCUT2D eigenvalue weighted by Gasteiger charge is -2.56. The molecule has 0 aromatic heterocycles. The van der Waals surface area contributed by atoms with Gasteiger partial charge < -0.3 is 20.8 Å². The molecule has 38 heavy (non-hydrogen) atoms. The van der Waals surface area contributed by atoms with Crippen molar-refractivity contribution in [2.24, 2.45) is 5.41 Å². The zero-order chi connectivity index (χ0) is 27.5. The van der Waals surface area contributed by atoms with Crippen LogP contribution in [-0.4, -0.2) is 27.4 Å². The van der Waals surface area contributed by atoms with Crippen molar-refractivity contribution >= 4 is 11.6 Å². The maximum Gasteiger partial charge on any atom is 0.214 e. The normalized spacial score (nSPS) is 22.9. The summed E-state index contributed by atoms with van der Waals surface area (Å²) in [6.45, 7) is 8.87. The number of aliphatic hydroxyl groups is 2. The van der Waals surface area contributed by atoms with Crippen molar-refractivity contribution in [3.63, 3.8) is 0 Å². The van der Waals surface area contributed by atoms with Gasteiger partial charge in [0.05, 0.1) is 11.4 Å². The molecular formula is C32H40N2O4. The molecule has 2 aromatic carbocycles. The van der Waals surface area contributed by atoms with Crippen LogP contribution in [0, 0.1) is 19.3 Å². The van der Waals surface area contributed by atoms with E-state index in [0.29, 0.717) is 37.2 Å². The van der Waals surface area contributed by atoms with E-state index in [1.54, 1.807) is 0 Å². The molecule has 2 aliphatic carbocycles. The van der Waals surface area contributed by atoms with Crippen molar-refractivity contribution in [3.05, 3.63) is 93.5 Å². The molecule has 0 bridgehead atoms. The first kappa shape index (κ1) is 27.6. The molecule has 0 saturated carbocycles. The Bertz CT molecular complexity index is 1290. The number of ketones is 2. The minimum absolute atomic E-state index is 0.262. The average Bonchev–Trinajstić information content (AvgIpc) is 2.91. The second kappa shape index (κ2) is 11.2. The van der Waals surface area contributed by atoms with Crippen LogP contribution in [0.1, 0.15) is 74.6 Å². The highest BCUT2D eigenvalue weighted by atomic mass is 16.3. The van der Waals surface area contributed by atoms with Crippen molar-refractivity contribution in [3.8, 4) is 0 Å². The lowest BCUT2D eigenvalue weighted by Crippen LogP contribution is -2.72. The van der Waals surface area contributed by atoms with Gasteiger partial charge in [0.2, 0.25) is 5.78 Å². The van der Waals surface area contributed by atoms with Crippen molar-refractivity contribution in [1.82, 2.24) is 10.6 Å². The van der Waals surface area contributed by atoms with Gasteiger partial charge in [-0.1, -0.05) is 92.8 Å². The van der Waals surface area contributed by atoms with Crippen LogP contribution < -0.4 is 10.6 Å². The van der Waals surface area contributed by atoms with Crippen molar-refractivity contribution in [2.75, 3.05) is 0 Å². The molecule has 2 unspecified atom stereocenters. The molecule has 4 rings (SSSR count). The number of allylic oxidation sites excluding steroid dienone is 1. The van der Waals surface area contributed by atoms with Crippen LogP contribution >= 0.6 is 0 Å². The molecule has 202 valence electrons. The Morgan fingerprint density at radius 2 is 1.34 bits per heavy atom. The van der Waals surface area contributed by atoms with E-state index in [1.165, 1.54) is 0 Å². The summed E-state index contributed by atoms with van der Waals surface area (Å²) >= 11 is 0. The van der Waals surface area contributed by atoms with Crippen molar-refractivity contribution < 1.29 is 19.8 Å². The van der Waals surface area contributed by atoms with Crippen molar-refractivity contribution in [1.29, 1.82) is 0 Å². The first-order valence-electron chi connectivity index (χ1n) is 13.8. The molecule has 4 N–H and O–H groups in total. The van der Waals surface area contributed by atoms with E-state index in [2.05, 4.69) is 23.6 Å². The molecular weight excluding hydrogens is 476 g/mol. The molecule has 2 aliphatic rings. The SMILES string of the molecule is CCCCC1=C(NCc2cccc(C)c2)C(O)(C2(CCCC)C(=O)C(O)=C2NCc2cccc(C)c2)C1=O. The van der Waals surface area contributed by atoms with Gasteiger partial charge in [-0.3, -0.25) is 9.59 Å². The quantitative estimate of drug-likeness (QED) is 0.282. The highest BCUT2D eigenvalue weighted by Crippen LogP contribution is 2.59. The number of rotatable bonds is 13. The topological polar surface area (TPSA) is 98.7 Å². The van der Waals surface area contributed by atoms with E-state index in [4.69, 9.17) is 0 Å². The largest absolute Gasteiger partial charge is 0.503 e.